The van der Waals surface area contributed by atoms with E-state index >= 15 is 0 Å². The van der Waals surface area contributed by atoms with Crippen molar-refractivity contribution < 1.29 is 17.9 Å². The maximum Gasteiger partial charge on any atom is 0.264 e. The van der Waals surface area contributed by atoms with Crippen LogP contribution in [0.5, 0.6) is 5.75 Å². The number of benzene rings is 4. The molecule has 0 aliphatic carbocycles. The summed E-state index contributed by atoms with van der Waals surface area (Å²) in [7, 11) is -4.01. The number of amides is 1. The van der Waals surface area contributed by atoms with Crippen molar-refractivity contribution in [3.05, 3.63) is 124 Å². The molecule has 1 amide bonds. The van der Waals surface area contributed by atoms with Crippen LogP contribution < -0.4 is 14.5 Å². The van der Waals surface area contributed by atoms with Gasteiger partial charge in [0.2, 0.25) is 0 Å². The molecule has 0 aromatic heterocycles. The number of hydrogen-bond acceptors (Lipinski definition) is 5. The molecule has 0 heterocycles. The summed E-state index contributed by atoms with van der Waals surface area (Å²) >= 11 is 9.37. The Hall–Kier alpha value is -3.66. The molecule has 4 rings (SSSR count). The maximum atomic E-state index is 13.3. The summed E-state index contributed by atoms with van der Waals surface area (Å²) in [6.45, 7) is -0.0359. The van der Waals surface area contributed by atoms with Gasteiger partial charge in [0.1, 0.15) is 18.9 Å². The molecule has 0 unspecified atom stereocenters. The minimum absolute atomic E-state index is 0.0636. The third kappa shape index (κ3) is 7.44. The maximum absolute atomic E-state index is 13.3. The lowest BCUT2D eigenvalue weighted by Crippen LogP contribution is -2.39. The van der Waals surface area contributed by atoms with Crippen LogP contribution in [-0.4, -0.2) is 27.1 Å². The van der Waals surface area contributed by atoms with Crippen molar-refractivity contribution in [1.29, 1.82) is 0 Å². The van der Waals surface area contributed by atoms with Gasteiger partial charge in [-0.3, -0.25) is 9.10 Å². The van der Waals surface area contributed by atoms with E-state index in [0.29, 0.717) is 23.1 Å². The molecule has 0 bridgehead atoms. The lowest BCUT2D eigenvalue weighted by atomic mass is 10.2. The second kappa shape index (κ2) is 12.7. The third-order valence-corrected chi connectivity index (χ3v) is 7.90. The van der Waals surface area contributed by atoms with Gasteiger partial charge < -0.3 is 4.74 Å². The molecule has 38 heavy (non-hydrogen) atoms. The van der Waals surface area contributed by atoms with E-state index in [1.54, 1.807) is 66.7 Å². The van der Waals surface area contributed by atoms with Crippen molar-refractivity contribution >= 4 is 55.4 Å². The summed E-state index contributed by atoms with van der Waals surface area (Å²) in [4.78, 5) is 12.7. The third-order valence-electron chi connectivity index (χ3n) is 5.33. The Morgan fingerprint density at radius 3 is 2.24 bits per heavy atom. The predicted octanol–water partition coefficient (Wildman–Crippen LogP) is 6.03. The molecule has 0 spiro atoms. The molecular weight excluding hydrogens is 590 g/mol. The number of ether oxygens (including phenoxy) is 1. The largest absolute Gasteiger partial charge is 0.489 e. The number of nitrogens with one attached hydrogen (secondary N) is 1. The fraction of sp³-hybridized carbons (Fsp3) is 0.0714. The van der Waals surface area contributed by atoms with Gasteiger partial charge in [-0.1, -0.05) is 57.9 Å². The van der Waals surface area contributed by atoms with Crippen LogP contribution in [0.25, 0.3) is 0 Å². The van der Waals surface area contributed by atoms with Gasteiger partial charge in [-0.25, -0.2) is 13.8 Å². The van der Waals surface area contributed by atoms with Gasteiger partial charge in [-0.15, -0.1) is 0 Å². The second-order valence-electron chi connectivity index (χ2n) is 8.08. The van der Waals surface area contributed by atoms with Crippen molar-refractivity contribution in [3.8, 4) is 5.75 Å². The Balaban J connectivity index is 1.38. The molecule has 1 N–H and O–H groups in total. The number of halogens is 2. The minimum Gasteiger partial charge on any atom is -0.489 e. The summed E-state index contributed by atoms with van der Waals surface area (Å²) in [5.74, 6) is 0.0870. The SMILES string of the molecule is O=C(CN(c1ccc(Cl)cc1)S(=O)(=O)c1ccccc1)NN=Cc1ccc(OCc2ccc(Br)cc2)cc1. The zero-order valence-electron chi connectivity index (χ0n) is 20.0. The van der Waals surface area contributed by atoms with Crippen LogP contribution >= 0.6 is 27.5 Å². The average molecular weight is 613 g/mol. The summed E-state index contributed by atoms with van der Waals surface area (Å²) in [5, 5.41) is 4.42. The number of hydrogen-bond donors (Lipinski definition) is 1. The van der Waals surface area contributed by atoms with E-state index in [9.17, 15) is 13.2 Å². The van der Waals surface area contributed by atoms with Crippen LogP contribution in [0, 0.1) is 0 Å². The fourth-order valence-corrected chi connectivity index (χ4v) is 5.22. The Morgan fingerprint density at radius 1 is 0.921 bits per heavy atom. The summed E-state index contributed by atoms with van der Waals surface area (Å²) < 4.78 is 34.4. The summed E-state index contributed by atoms with van der Waals surface area (Å²) in [6.07, 6.45) is 1.47. The van der Waals surface area contributed by atoms with Crippen LogP contribution in [0.2, 0.25) is 5.02 Å². The van der Waals surface area contributed by atoms with Crippen LogP contribution in [0.1, 0.15) is 11.1 Å². The molecule has 4 aromatic carbocycles. The monoisotopic (exact) mass is 611 g/mol. The number of nitrogens with zero attached hydrogens (tertiary/aromatic N) is 2. The van der Waals surface area contributed by atoms with E-state index < -0.39 is 22.5 Å². The topological polar surface area (TPSA) is 88.1 Å². The fourth-order valence-electron chi connectivity index (χ4n) is 3.38. The van der Waals surface area contributed by atoms with Crippen LogP contribution in [0.3, 0.4) is 0 Å². The summed E-state index contributed by atoms with van der Waals surface area (Å²) in [6, 6.07) is 29.2. The second-order valence-corrected chi connectivity index (χ2v) is 11.3. The van der Waals surface area contributed by atoms with Gasteiger partial charge in [0.25, 0.3) is 15.9 Å². The lowest BCUT2D eigenvalue weighted by Gasteiger charge is -2.23. The van der Waals surface area contributed by atoms with Crippen LogP contribution in [0.15, 0.2) is 118 Å². The highest BCUT2D eigenvalue weighted by atomic mass is 79.9. The van der Waals surface area contributed by atoms with Gasteiger partial charge in [-0.05, 0) is 83.9 Å². The molecular formula is C28H23BrClN3O4S. The highest BCUT2D eigenvalue weighted by Gasteiger charge is 2.27. The highest BCUT2D eigenvalue weighted by Crippen LogP contribution is 2.25. The van der Waals surface area contributed by atoms with Crippen molar-refractivity contribution in [2.24, 2.45) is 5.10 Å². The normalized spacial score (nSPS) is 11.3. The molecule has 7 nitrogen and oxygen atoms in total. The zero-order chi connectivity index (χ0) is 27.0. The smallest absolute Gasteiger partial charge is 0.264 e. The van der Waals surface area contributed by atoms with E-state index in [0.717, 1.165) is 19.9 Å². The first-order valence-electron chi connectivity index (χ1n) is 11.4. The van der Waals surface area contributed by atoms with Gasteiger partial charge in [0, 0.05) is 9.50 Å². The Labute approximate surface area is 234 Å². The van der Waals surface area contributed by atoms with Crippen molar-refractivity contribution in [3.63, 3.8) is 0 Å². The predicted molar refractivity (Wildman–Crippen MR) is 153 cm³/mol. The Morgan fingerprint density at radius 2 is 1.58 bits per heavy atom. The molecule has 10 heteroatoms. The first kappa shape index (κ1) is 27.4. The molecule has 0 fully saturated rings. The van der Waals surface area contributed by atoms with Crippen LogP contribution in [0.4, 0.5) is 5.69 Å². The van der Waals surface area contributed by atoms with Gasteiger partial charge in [0.15, 0.2) is 0 Å². The van der Waals surface area contributed by atoms with E-state index in [-0.39, 0.29) is 4.90 Å². The molecule has 0 aliphatic heterocycles. The van der Waals surface area contributed by atoms with E-state index in [4.69, 9.17) is 16.3 Å². The van der Waals surface area contributed by atoms with E-state index in [2.05, 4.69) is 26.5 Å². The number of sulfonamides is 1. The first-order chi connectivity index (χ1) is 18.3. The van der Waals surface area contributed by atoms with Crippen molar-refractivity contribution in [1.82, 2.24) is 5.43 Å². The molecule has 0 saturated heterocycles. The van der Waals surface area contributed by atoms with E-state index in [1.807, 2.05) is 24.3 Å². The average Bonchev–Trinajstić information content (AvgIpc) is 2.93. The number of carbonyl (C=O) groups excluding carboxylic acids is 1. The Bertz CT molecular complexity index is 1500. The van der Waals surface area contributed by atoms with Gasteiger partial charge in [0.05, 0.1) is 16.8 Å². The Kier molecular flexibility index (Phi) is 9.17. The minimum atomic E-state index is -4.01. The van der Waals surface area contributed by atoms with Crippen LogP contribution in [-0.2, 0) is 21.4 Å². The summed E-state index contributed by atoms with van der Waals surface area (Å²) in [5.41, 5.74) is 4.47. The number of anilines is 1. The van der Waals surface area contributed by atoms with Crippen molar-refractivity contribution in [2.45, 2.75) is 11.5 Å². The lowest BCUT2D eigenvalue weighted by molar-refractivity contribution is -0.119. The molecule has 0 atom stereocenters. The quantitative estimate of drug-likeness (QED) is 0.175. The molecule has 0 saturated carbocycles. The van der Waals surface area contributed by atoms with Crippen molar-refractivity contribution in [2.75, 3.05) is 10.8 Å². The van der Waals surface area contributed by atoms with E-state index in [1.165, 1.54) is 18.3 Å². The molecule has 0 aliphatic rings. The molecule has 194 valence electrons. The molecule has 4 aromatic rings. The van der Waals surface area contributed by atoms with Gasteiger partial charge >= 0.3 is 0 Å². The molecule has 0 radical (unpaired) electrons. The highest BCUT2D eigenvalue weighted by molar-refractivity contribution is 9.10. The number of rotatable bonds is 10. The van der Waals surface area contributed by atoms with Gasteiger partial charge in [-0.2, -0.15) is 5.10 Å². The number of hydrazone groups is 1. The first-order valence-corrected chi connectivity index (χ1v) is 14.0. The standard InChI is InChI=1S/C28H23BrClN3O4S/c29-23-10-6-22(7-11-23)20-37-26-16-8-21(9-17-26)18-31-32-28(34)19-33(25-14-12-24(30)13-15-25)38(35,36)27-4-2-1-3-5-27/h1-18H,19-20H2,(H,32,34). The zero-order valence-corrected chi connectivity index (χ0v) is 23.2. The number of carbonyl (C=O) groups is 1.